The Morgan fingerprint density at radius 1 is 1.38 bits per heavy atom. The van der Waals surface area contributed by atoms with Gasteiger partial charge < -0.3 is 5.73 Å². The van der Waals surface area contributed by atoms with Gasteiger partial charge in [0.2, 0.25) is 0 Å². The van der Waals surface area contributed by atoms with Crippen molar-refractivity contribution in [1.82, 2.24) is 0 Å². The van der Waals surface area contributed by atoms with Gasteiger partial charge in [-0.3, -0.25) is 0 Å². The molecule has 0 atom stereocenters. The molecule has 0 aromatic carbocycles. The standard InChI is InChI=1S/C6H13NS/c7-5-8-6-3-1-2-4-6/h6H,1-5,7H2. The van der Waals surface area contributed by atoms with E-state index in [1.165, 1.54) is 25.7 Å². The topological polar surface area (TPSA) is 26.0 Å². The predicted molar refractivity (Wildman–Crippen MR) is 38.9 cm³/mol. The zero-order valence-electron chi connectivity index (χ0n) is 5.10. The molecule has 48 valence electrons. The summed E-state index contributed by atoms with van der Waals surface area (Å²) in [6.45, 7) is 0. The molecule has 0 radical (unpaired) electrons. The van der Waals surface area contributed by atoms with Gasteiger partial charge in [-0.15, -0.1) is 11.8 Å². The Morgan fingerprint density at radius 2 is 2.00 bits per heavy atom. The Balaban J connectivity index is 2.06. The van der Waals surface area contributed by atoms with Gasteiger partial charge >= 0.3 is 0 Å². The molecule has 1 saturated carbocycles. The minimum Gasteiger partial charge on any atom is -0.322 e. The minimum absolute atomic E-state index is 0.810. The van der Waals surface area contributed by atoms with E-state index in [-0.39, 0.29) is 0 Å². The highest BCUT2D eigenvalue weighted by Gasteiger charge is 2.13. The van der Waals surface area contributed by atoms with Crippen LogP contribution in [0.15, 0.2) is 0 Å². The molecule has 1 nitrogen and oxygen atoms in total. The van der Waals surface area contributed by atoms with Crippen LogP contribution in [0.5, 0.6) is 0 Å². The normalized spacial score (nSPS) is 22.1. The van der Waals surface area contributed by atoms with Gasteiger partial charge in [0.05, 0.1) is 0 Å². The van der Waals surface area contributed by atoms with Crippen LogP contribution in [0.3, 0.4) is 0 Å². The third-order valence-corrected chi connectivity index (χ3v) is 2.77. The first-order valence-corrected chi connectivity index (χ1v) is 4.30. The van der Waals surface area contributed by atoms with Crippen molar-refractivity contribution in [1.29, 1.82) is 0 Å². The molecule has 0 spiro atoms. The van der Waals surface area contributed by atoms with Crippen LogP contribution in [-0.4, -0.2) is 11.1 Å². The Labute approximate surface area is 55.0 Å². The summed E-state index contributed by atoms with van der Waals surface area (Å²) in [5, 5.41) is 0.903. The molecular formula is C6H13NS. The Hall–Kier alpha value is 0.310. The van der Waals surface area contributed by atoms with Crippen molar-refractivity contribution in [2.45, 2.75) is 30.9 Å². The molecule has 0 saturated heterocycles. The molecule has 1 aliphatic rings. The van der Waals surface area contributed by atoms with Crippen LogP contribution < -0.4 is 5.73 Å². The van der Waals surface area contributed by atoms with Crippen LogP contribution in [-0.2, 0) is 0 Å². The summed E-state index contributed by atoms with van der Waals surface area (Å²) >= 11 is 1.92. The van der Waals surface area contributed by atoms with Gasteiger partial charge in [-0.25, -0.2) is 0 Å². The third kappa shape index (κ3) is 1.67. The number of hydrogen-bond acceptors (Lipinski definition) is 2. The molecule has 1 aliphatic carbocycles. The van der Waals surface area contributed by atoms with Crippen molar-refractivity contribution in [3.8, 4) is 0 Å². The van der Waals surface area contributed by atoms with E-state index in [2.05, 4.69) is 0 Å². The van der Waals surface area contributed by atoms with Crippen molar-refractivity contribution < 1.29 is 0 Å². The fourth-order valence-corrected chi connectivity index (χ4v) is 2.13. The van der Waals surface area contributed by atoms with E-state index in [0.29, 0.717) is 0 Å². The maximum absolute atomic E-state index is 5.37. The maximum Gasteiger partial charge on any atom is 0.0395 e. The Kier molecular flexibility index (Phi) is 2.70. The number of hydrogen-bond donors (Lipinski definition) is 1. The first-order chi connectivity index (χ1) is 3.93. The van der Waals surface area contributed by atoms with E-state index in [1.54, 1.807) is 0 Å². The van der Waals surface area contributed by atoms with Crippen molar-refractivity contribution in [2.24, 2.45) is 5.73 Å². The van der Waals surface area contributed by atoms with Crippen LogP contribution in [0.1, 0.15) is 25.7 Å². The highest BCUT2D eigenvalue weighted by atomic mass is 32.2. The summed E-state index contributed by atoms with van der Waals surface area (Å²) in [5.41, 5.74) is 5.37. The molecule has 1 rings (SSSR count). The van der Waals surface area contributed by atoms with E-state index >= 15 is 0 Å². The van der Waals surface area contributed by atoms with E-state index in [1.807, 2.05) is 11.8 Å². The van der Waals surface area contributed by atoms with Crippen molar-refractivity contribution in [2.75, 3.05) is 5.88 Å². The lowest BCUT2D eigenvalue weighted by Crippen LogP contribution is -2.01. The summed E-state index contributed by atoms with van der Waals surface area (Å²) in [5.74, 6) is 0.810. The largest absolute Gasteiger partial charge is 0.322 e. The second-order valence-corrected chi connectivity index (χ2v) is 3.57. The minimum atomic E-state index is 0.810. The lowest BCUT2D eigenvalue weighted by Gasteiger charge is -2.03. The van der Waals surface area contributed by atoms with Crippen LogP contribution in [0.25, 0.3) is 0 Å². The summed E-state index contributed by atoms with van der Waals surface area (Å²) in [6, 6.07) is 0. The number of rotatable bonds is 2. The second-order valence-electron chi connectivity index (χ2n) is 2.24. The first-order valence-electron chi connectivity index (χ1n) is 3.25. The molecule has 2 N–H and O–H groups in total. The summed E-state index contributed by atoms with van der Waals surface area (Å²) < 4.78 is 0. The molecule has 0 unspecified atom stereocenters. The van der Waals surface area contributed by atoms with Gasteiger partial charge in [-0.2, -0.15) is 0 Å². The van der Waals surface area contributed by atoms with E-state index in [9.17, 15) is 0 Å². The molecule has 0 aliphatic heterocycles. The quantitative estimate of drug-likeness (QED) is 0.576. The molecule has 0 heterocycles. The molecule has 1 fully saturated rings. The van der Waals surface area contributed by atoms with E-state index in [0.717, 1.165) is 11.1 Å². The van der Waals surface area contributed by atoms with Gasteiger partial charge in [-0.05, 0) is 12.8 Å². The van der Waals surface area contributed by atoms with Crippen LogP contribution in [0, 0.1) is 0 Å². The zero-order chi connectivity index (χ0) is 5.82. The Morgan fingerprint density at radius 3 is 2.50 bits per heavy atom. The summed E-state index contributed by atoms with van der Waals surface area (Å²) in [6.07, 6.45) is 5.67. The molecular weight excluding hydrogens is 118 g/mol. The smallest absolute Gasteiger partial charge is 0.0395 e. The molecule has 0 aromatic rings. The van der Waals surface area contributed by atoms with Crippen LogP contribution in [0.2, 0.25) is 0 Å². The first kappa shape index (κ1) is 6.43. The highest BCUT2D eigenvalue weighted by molar-refractivity contribution is 7.99. The number of nitrogens with two attached hydrogens (primary N) is 1. The van der Waals surface area contributed by atoms with Crippen molar-refractivity contribution >= 4 is 11.8 Å². The predicted octanol–water partition coefficient (Wildman–Crippen LogP) is 1.58. The van der Waals surface area contributed by atoms with Gasteiger partial charge in [0.1, 0.15) is 0 Å². The SMILES string of the molecule is NCSC1CCCC1. The fourth-order valence-electron chi connectivity index (χ4n) is 1.19. The number of thioether (sulfide) groups is 1. The van der Waals surface area contributed by atoms with Crippen molar-refractivity contribution in [3.63, 3.8) is 0 Å². The molecule has 0 amide bonds. The average molecular weight is 131 g/mol. The molecule has 8 heavy (non-hydrogen) atoms. The molecule has 0 aromatic heterocycles. The summed E-state index contributed by atoms with van der Waals surface area (Å²) in [4.78, 5) is 0. The maximum atomic E-state index is 5.37. The lowest BCUT2D eigenvalue weighted by molar-refractivity contribution is 0.886. The molecule has 2 heteroatoms. The second kappa shape index (κ2) is 3.36. The van der Waals surface area contributed by atoms with Gasteiger partial charge in [-0.1, -0.05) is 12.8 Å². The lowest BCUT2D eigenvalue weighted by atomic mass is 10.4. The zero-order valence-corrected chi connectivity index (χ0v) is 5.91. The van der Waals surface area contributed by atoms with Gasteiger partial charge in [0.25, 0.3) is 0 Å². The van der Waals surface area contributed by atoms with E-state index in [4.69, 9.17) is 5.73 Å². The molecule has 0 bridgehead atoms. The van der Waals surface area contributed by atoms with Crippen molar-refractivity contribution in [3.05, 3.63) is 0 Å². The van der Waals surface area contributed by atoms with Gasteiger partial charge in [0.15, 0.2) is 0 Å². The van der Waals surface area contributed by atoms with Crippen LogP contribution in [0.4, 0.5) is 0 Å². The van der Waals surface area contributed by atoms with Gasteiger partial charge in [0, 0.05) is 11.1 Å². The van der Waals surface area contributed by atoms with Crippen LogP contribution >= 0.6 is 11.8 Å². The average Bonchev–Trinajstić information content (AvgIpc) is 2.19. The highest BCUT2D eigenvalue weighted by Crippen LogP contribution is 2.27. The summed E-state index contributed by atoms with van der Waals surface area (Å²) in [7, 11) is 0. The fraction of sp³-hybridized carbons (Fsp3) is 1.00. The van der Waals surface area contributed by atoms with E-state index < -0.39 is 0 Å². The Bertz CT molecular complexity index is 59.5. The third-order valence-electron chi connectivity index (χ3n) is 1.63. The monoisotopic (exact) mass is 131 g/mol.